The van der Waals surface area contributed by atoms with E-state index in [2.05, 4.69) is 34.5 Å². The first-order chi connectivity index (χ1) is 12.1. The van der Waals surface area contributed by atoms with Crippen molar-refractivity contribution in [3.63, 3.8) is 0 Å². The monoisotopic (exact) mass is 359 g/mol. The summed E-state index contributed by atoms with van der Waals surface area (Å²) in [5.74, 6) is -0.259. The third kappa shape index (κ3) is 4.90. The van der Waals surface area contributed by atoms with Gasteiger partial charge in [-0.25, -0.2) is 4.39 Å². The van der Waals surface area contributed by atoms with Gasteiger partial charge in [-0.05, 0) is 54.2 Å². The molecule has 1 fully saturated rings. The predicted molar refractivity (Wildman–Crippen MR) is 104 cm³/mol. The lowest BCUT2D eigenvalue weighted by Gasteiger charge is -2.29. The van der Waals surface area contributed by atoms with Crippen LogP contribution in [0.2, 0.25) is 0 Å². The van der Waals surface area contributed by atoms with Crippen molar-refractivity contribution in [2.24, 2.45) is 0 Å². The number of hydrogen-bond donors (Lipinski definition) is 1. The third-order valence-corrected chi connectivity index (χ3v) is 4.59. The molecule has 0 radical (unpaired) electrons. The molecule has 0 saturated carbocycles. The molecule has 0 atom stereocenters. The van der Waals surface area contributed by atoms with Crippen molar-refractivity contribution in [2.75, 3.05) is 43.6 Å². The molecule has 1 heterocycles. The van der Waals surface area contributed by atoms with E-state index in [9.17, 15) is 4.39 Å². The van der Waals surface area contributed by atoms with Gasteiger partial charge in [-0.3, -0.25) is 0 Å². The van der Waals surface area contributed by atoms with Crippen molar-refractivity contribution in [3.05, 3.63) is 59.9 Å². The van der Waals surface area contributed by atoms with Gasteiger partial charge in [0.2, 0.25) is 0 Å². The lowest BCUT2D eigenvalue weighted by atomic mass is 10.2. The van der Waals surface area contributed by atoms with Crippen LogP contribution < -0.4 is 10.2 Å². The summed E-state index contributed by atoms with van der Waals surface area (Å²) in [5.41, 5.74) is 3.19. The summed E-state index contributed by atoms with van der Waals surface area (Å²) in [5, 5.41) is 3.72. The number of thiocarbonyl (C=S) groups is 1. The fourth-order valence-electron chi connectivity index (χ4n) is 2.73. The zero-order valence-corrected chi connectivity index (χ0v) is 15.1. The predicted octanol–water partition coefficient (Wildman–Crippen LogP) is 3.49. The molecule has 0 aromatic heterocycles. The van der Waals surface area contributed by atoms with Gasteiger partial charge in [-0.2, -0.15) is 0 Å². The molecule has 0 aliphatic carbocycles. The Morgan fingerprint density at radius 1 is 1.12 bits per heavy atom. The molecular formula is C19H22FN3OS. The van der Waals surface area contributed by atoms with E-state index in [0.29, 0.717) is 11.7 Å². The number of hydrogen-bond acceptors (Lipinski definition) is 3. The summed E-state index contributed by atoms with van der Waals surface area (Å²) in [6.45, 7) is 4.15. The molecular weight excluding hydrogens is 337 g/mol. The quantitative estimate of drug-likeness (QED) is 0.844. The molecule has 2 aromatic rings. The largest absolute Gasteiger partial charge is 0.378 e. The van der Waals surface area contributed by atoms with Crippen molar-refractivity contribution in [1.82, 2.24) is 4.90 Å². The fourth-order valence-corrected chi connectivity index (χ4v) is 2.91. The maximum absolute atomic E-state index is 13.0. The summed E-state index contributed by atoms with van der Waals surface area (Å²) >= 11 is 5.42. The molecule has 0 spiro atoms. The first-order valence-electron chi connectivity index (χ1n) is 8.31. The lowest BCUT2D eigenvalue weighted by Crippen LogP contribution is -2.36. The first-order valence-corrected chi connectivity index (χ1v) is 8.72. The molecule has 6 heteroatoms. The Hall–Kier alpha value is -2.18. The van der Waals surface area contributed by atoms with Crippen LogP contribution in [0, 0.1) is 5.82 Å². The highest BCUT2D eigenvalue weighted by molar-refractivity contribution is 7.80. The second kappa shape index (κ2) is 8.27. The Morgan fingerprint density at radius 2 is 1.76 bits per heavy atom. The zero-order chi connectivity index (χ0) is 17.6. The normalized spacial score (nSPS) is 14.2. The van der Waals surface area contributed by atoms with Gasteiger partial charge >= 0.3 is 0 Å². The highest BCUT2D eigenvalue weighted by Gasteiger charge is 2.11. The van der Waals surface area contributed by atoms with Gasteiger partial charge in [0.15, 0.2) is 5.11 Å². The number of halogens is 1. The standard InChI is InChI=1S/C19H22FN3OS/c1-22(19(25)21-17-6-4-16(20)5-7-17)14-15-2-8-18(9-3-15)23-10-12-24-13-11-23/h2-9H,10-14H2,1H3,(H,21,25). The number of rotatable bonds is 4. The summed E-state index contributed by atoms with van der Waals surface area (Å²) in [4.78, 5) is 4.29. The molecule has 2 aromatic carbocycles. The van der Waals surface area contributed by atoms with Crippen molar-refractivity contribution < 1.29 is 9.13 Å². The Labute approximate surface area is 153 Å². The van der Waals surface area contributed by atoms with E-state index in [1.807, 2.05) is 11.9 Å². The molecule has 1 N–H and O–H groups in total. The highest BCUT2D eigenvalue weighted by Crippen LogP contribution is 2.18. The Morgan fingerprint density at radius 3 is 2.40 bits per heavy atom. The van der Waals surface area contributed by atoms with Crippen molar-refractivity contribution in [1.29, 1.82) is 0 Å². The number of anilines is 2. The minimum absolute atomic E-state index is 0.259. The smallest absolute Gasteiger partial charge is 0.173 e. The van der Waals surface area contributed by atoms with Crippen molar-refractivity contribution in [3.8, 4) is 0 Å². The van der Waals surface area contributed by atoms with Crippen LogP contribution in [0.4, 0.5) is 15.8 Å². The van der Waals surface area contributed by atoms with E-state index in [-0.39, 0.29) is 5.82 Å². The van der Waals surface area contributed by atoms with Gasteiger partial charge in [0.05, 0.1) is 13.2 Å². The van der Waals surface area contributed by atoms with E-state index >= 15 is 0 Å². The third-order valence-electron chi connectivity index (χ3n) is 4.17. The van der Waals surface area contributed by atoms with E-state index in [1.54, 1.807) is 12.1 Å². The average molecular weight is 359 g/mol. The Kier molecular flexibility index (Phi) is 5.83. The SMILES string of the molecule is CN(Cc1ccc(N2CCOCC2)cc1)C(=S)Nc1ccc(F)cc1. The van der Waals surface area contributed by atoms with E-state index in [4.69, 9.17) is 17.0 Å². The molecule has 0 amide bonds. The molecule has 1 aliphatic rings. The molecule has 0 bridgehead atoms. The Balaban J connectivity index is 1.55. The summed E-state index contributed by atoms with van der Waals surface area (Å²) < 4.78 is 18.3. The number of nitrogens with zero attached hydrogens (tertiary/aromatic N) is 2. The topological polar surface area (TPSA) is 27.7 Å². The van der Waals surface area contributed by atoms with Gasteiger partial charge in [0.1, 0.15) is 5.82 Å². The molecule has 1 aliphatic heterocycles. The first kappa shape index (κ1) is 17.6. The molecule has 0 unspecified atom stereocenters. The highest BCUT2D eigenvalue weighted by atomic mass is 32.1. The Bertz CT molecular complexity index is 700. The summed E-state index contributed by atoms with van der Waals surface area (Å²) in [7, 11) is 1.94. The van der Waals surface area contributed by atoms with Gasteiger partial charge in [-0.1, -0.05) is 12.1 Å². The maximum Gasteiger partial charge on any atom is 0.173 e. The molecule has 3 rings (SSSR count). The minimum Gasteiger partial charge on any atom is -0.378 e. The van der Waals surface area contributed by atoms with Crippen LogP contribution in [0.25, 0.3) is 0 Å². The van der Waals surface area contributed by atoms with E-state index in [0.717, 1.165) is 32.0 Å². The lowest BCUT2D eigenvalue weighted by molar-refractivity contribution is 0.122. The van der Waals surface area contributed by atoms with Crippen molar-refractivity contribution >= 4 is 28.7 Å². The zero-order valence-electron chi connectivity index (χ0n) is 14.2. The van der Waals surface area contributed by atoms with E-state index in [1.165, 1.54) is 23.4 Å². The number of morpholine rings is 1. The minimum atomic E-state index is -0.259. The fraction of sp³-hybridized carbons (Fsp3) is 0.316. The van der Waals surface area contributed by atoms with Crippen LogP contribution in [0.15, 0.2) is 48.5 Å². The molecule has 1 saturated heterocycles. The summed E-state index contributed by atoms with van der Waals surface area (Å²) in [6, 6.07) is 14.7. The number of ether oxygens (including phenoxy) is 1. The van der Waals surface area contributed by atoms with Crippen molar-refractivity contribution in [2.45, 2.75) is 6.54 Å². The van der Waals surface area contributed by atoms with E-state index < -0.39 is 0 Å². The molecule has 4 nitrogen and oxygen atoms in total. The van der Waals surface area contributed by atoms with Gasteiger partial charge in [-0.15, -0.1) is 0 Å². The van der Waals surface area contributed by atoms with Gasteiger partial charge < -0.3 is 19.9 Å². The van der Waals surface area contributed by atoms with Crippen LogP contribution in [-0.2, 0) is 11.3 Å². The average Bonchev–Trinajstić information content (AvgIpc) is 2.65. The second-order valence-corrected chi connectivity index (χ2v) is 6.45. The molecule has 25 heavy (non-hydrogen) atoms. The number of nitrogens with one attached hydrogen (secondary N) is 1. The van der Waals surface area contributed by atoms with Crippen LogP contribution in [0.5, 0.6) is 0 Å². The van der Waals surface area contributed by atoms with Crippen LogP contribution in [0.1, 0.15) is 5.56 Å². The van der Waals surface area contributed by atoms with Crippen LogP contribution in [-0.4, -0.2) is 43.4 Å². The second-order valence-electron chi connectivity index (χ2n) is 6.06. The number of benzene rings is 2. The molecule has 132 valence electrons. The summed E-state index contributed by atoms with van der Waals surface area (Å²) in [6.07, 6.45) is 0. The van der Waals surface area contributed by atoms with Gasteiger partial charge in [0.25, 0.3) is 0 Å². The van der Waals surface area contributed by atoms with Crippen LogP contribution >= 0.6 is 12.2 Å². The van der Waals surface area contributed by atoms with Crippen LogP contribution in [0.3, 0.4) is 0 Å². The maximum atomic E-state index is 13.0. The van der Waals surface area contributed by atoms with Gasteiger partial charge in [0, 0.05) is 38.1 Å².